The molecule has 4 heteroatoms. The Morgan fingerprint density at radius 3 is 2.89 bits per heavy atom. The molecule has 18 heavy (non-hydrogen) atoms. The predicted molar refractivity (Wildman–Crippen MR) is 79.1 cm³/mol. The number of hydrogen-bond donors (Lipinski definition) is 1. The zero-order chi connectivity index (χ0) is 12.8. The molecule has 1 aliphatic rings. The minimum atomic E-state index is 0.276. The van der Waals surface area contributed by atoms with Crippen molar-refractivity contribution in [2.75, 3.05) is 12.3 Å². The molecule has 1 saturated heterocycles. The van der Waals surface area contributed by atoms with Crippen LogP contribution in [0.3, 0.4) is 0 Å². The lowest BCUT2D eigenvalue weighted by atomic mass is 9.96. The first-order valence-electron chi connectivity index (χ1n) is 6.62. The highest BCUT2D eigenvalue weighted by molar-refractivity contribution is 8.14. The number of pyridine rings is 1. The van der Waals surface area contributed by atoms with Gasteiger partial charge >= 0.3 is 0 Å². The summed E-state index contributed by atoms with van der Waals surface area (Å²) in [7, 11) is 0. The summed E-state index contributed by atoms with van der Waals surface area (Å²) >= 11 is 1.86. The van der Waals surface area contributed by atoms with Crippen molar-refractivity contribution < 1.29 is 0 Å². The van der Waals surface area contributed by atoms with E-state index in [0.29, 0.717) is 0 Å². The molecule has 1 aromatic heterocycles. The average molecular weight is 263 g/mol. The van der Waals surface area contributed by atoms with Crippen LogP contribution in [0.1, 0.15) is 32.3 Å². The number of aromatic nitrogens is 1. The molecule has 0 saturated carbocycles. The summed E-state index contributed by atoms with van der Waals surface area (Å²) in [6, 6.07) is 4.08. The molecule has 0 spiro atoms. The highest BCUT2D eigenvalue weighted by Gasteiger charge is 2.33. The van der Waals surface area contributed by atoms with Gasteiger partial charge in [-0.25, -0.2) is 0 Å². The number of hydrogen-bond acceptors (Lipinski definition) is 3. The number of rotatable bonds is 5. The first kappa shape index (κ1) is 13.4. The van der Waals surface area contributed by atoms with E-state index in [1.165, 1.54) is 5.56 Å². The molecular weight excluding hydrogens is 242 g/mol. The predicted octanol–water partition coefficient (Wildman–Crippen LogP) is 2.88. The van der Waals surface area contributed by atoms with E-state index in [-0.39, 0.29) is 5.54 Å². The van der Waals surface area contributed by atoms with Crippen LogP contribution in [-0.4, -0.2) is 28.0 Å². The maximum Gasteiger partial charge on any atom is 0.157 e. The van der Waals surface area contributed by atoms with Crippen LogP contribution in [-0.2, 0) is 6.42 Å². The van der Waals surface area contributed by atoms with E-state index in [1.54, 1.807) is 6.20 Å². The molecule has 0 radical (unpaired) electrons. The molecule has 1 fully saturated rings. The van der Waals surface area contributed by atoms with Gasteiger partial charge in [-0.2, -0.15) is 0 Å². The van der Waals surface area contributed by atoms with Crippen LogP contribution in [0.25, 0.3) is 0 Å². The molecule has 2 rings (SSSR count). The van der Waals surface area contributed by atoms with Crippen molar-refractivity contribution in [3.05, 3.63) is 30.1 Å². The maximum absolute atomic E-state index is 4.65. The van der Waals surface area contributed by atoms with Crippen molar-refractivity contribution in [3.8, 4) is 0 Å². The van der Waals surface area contributed by atoms with Crippen molar-refractivity contribution in [2.45, 2.75) is 38.6 Å². The number of amidine groups is 1. The van der Waals surface area contributed by atoms with Crippen LogP contribution >= 0.6 is 11.8 Å². The lowest BCUT2D eigenvalue weighted by Crippen LogP contribution is -2.42. The first-order valence-corrected chi connectivity index (χ1v) is 7.61. The highest BCUT2D eigenvalue weighted by atomic mass is 32.2. The van der Waals surface area contributed by atoms with Gasteiger partial charge in [0.05, 0.1) is 0 Å². The second-order valence-corrected chi connectivity index (χ2v) is 5.66. The third-order valence-corrected chi connectivity index (χ3v) is 4.79. The second kappa shape index (κ2) is 6.23. The molecular formula is C14H21N3S. The van der Waals surface area contributed by atoms with Gasteiger partial charge in [-0.3, -0.25) is 9.98 Å². The topological polar surface area (TPSA) is 37.3 Å². The van der Waals surface area contributed by atoms with Gasteiger partial charge in [-0.05, 0) is 30.9 Å². The smallest absolute Gasteiger partial charge is 0.157 e. The zero-order valence-corrected chi connectivity index (χ0v) is 12.0. The highest BCUT2D eigenvalue weighted by Crippen LogP contribution is 2.28. The fraction of sp³-hybridized carbons (Fsp3) is 0.571. The minimum absolute atomic E-state index is 0.276. The largest absolute Gasteiger partial charge is 0.359 e. The van der Waals surface area contributed by atoms with Crippen molar-refractivity contribution >= 4 is 16.9 Å². The fourth-order valence-electron chi connectivity index (χ4n) is 2.05. The molecule has 98 valence electrons. The third-order valence-electron chi connectivity index (χ3n) is 3.59. The average Bonchev–Trinajstić information content (AvgIpc) is 2.84. The Morgan fingerprint density at radius 1 is 1.44 bits per heavy atom. The van der Waals surface area contributed by atoms with Gasteiger partial charge in [-0.1, -0.05) is 31.7 Å². The quantitative estimate of drug-likeness (QED) is 0.887. The molecule has 0 aliphatic carbocycles. The number of thioether (sulfide) groups is 1. The van der Waals surface area contributed by atoms with Crippen LogP contribution in [0.5, 0.6) is 0 Å². The van der Waals surface area contributed by atoms with Gasteiger partial charge in [0.25, 0.3) is 0 Å². The molecule has 1 N–H and O–H groups in total. The monoisotopic (exact) mass is 263 g/mol. The summed E-state index contributed by atoms with van der Waals surface area (Å²) < 4.78 is 0. The van der Waals surface area contributed by atoms with Crippen molar-refractivity contribution in [1.29, 1.82) is 0 Å². The Morgan fingerprint density at radius 2 is 2.28 bits per heavy atom. The minimum Gasteiger partial charge on any atom is -0.359 e. The van der Waals surface area contributed by atoms with E-state index in [0.717, 1.165) is 36.7 Å². The maximum atomic E-state index is 4.65. The van der Waals surface area contributed by atoms with Gasteiger partial charge < -0.3 is 5.32 Å². The van der Waals surface area contributed by atoms with E-state index < -0.39 is 0 Å². The van der Waals surface area contributed by atoms with Crippen LogP contribution in [0, 0.1) is 0 Å². The third kappa shape index (κ3) is 3.25. The first-order chi connectivity index (χ1) is 8.78. The van der Waals surface area contributed by atoms with Gasteiger partial charge in [0.1, 0.15) is 0 Å². The van der Waals surface area contributed by atoms with Crippen molar-refractivity contribution in [2.24, 2.45) is 4.99 Å². The molecule has 3 nitrogen and oxygen atoms in total. The number of nitrogens with one attached hydrogen (secondary N) is 1. The van der Waals surface area contributed by atoms with E-state index in [9.17, 15) is 0 Å². The van der Waals surface area contributed by atoms with Crippen molar-refractivity contribution in [3.63, 3.8) is 0 Å². The standard InChI is InChI=1S/C14H21N3S/c1-3-14(4-2)11-18-13(17-14)16-9-7-12-6-5-8-15-10-12/h5-6,8,10H,3-4,7,9,11H2,1-2H3,(H,16,17). The molecule has 0 unspecified atom stereocenters. The van der Waals surface area contributed by atoms with Crippen LogP contribution in [0.2, 0.25) is 0 Å². The number of nitrogens with zero attached hydrogens (tertiary/aromatic N) is 2. The van der Waals surface area contributed by atoms with Crippen LogP contribution < -0.4 is 5.32 Å². The van der Waals surface area contributed by atoms with Gasteiger partial charge in [-0.15, -0.1) is 0 Å². The lowest BCUT2D eigenvalue weighted by Gasteiger charge is -2.25. The van der Waals surface area contributed by atoms with Gasteiger partial charge in [0, 0.05) is 30.2 Å². The molecule has 1 aromatic rings. The normalized spacial score (nSPS) is 20.0. The Bertz CT molecular complexity index is 399. The van der Waals surface area contributed by atoms with E-state index in [2.05, 4.69) is 35.2 Å². The summed E-state index contributed by atoms with van der Waals surface area (Å²) in [5.41, 5.74) is 1.53. The Hall–Kier alpha value is -1.03. The fourth-order valence-corrected chi connectivity index (χ4v) is 3.42. The van der Waals surface area contributed by atoms with Gasteiger partial charge in [0.15, 0.2) is 5.17 Å². The van der Waals surface area contributed by atoms with E-state index in [4.69, 9.17) is 0 Å². The molecule has 0 bridgehead atoms. The molecule has 2 heterocycles. The molecule has 0 atom stereocenters. The second-order valence-electron chi connectivity index (χ2n) is 4.70. The van der Waals surface area contributed by atoms with Crippen LogP contribution in [0.4, 0.5) is 0 Å². The van der Waals surface area contributed by atoms with Crippen LogP contribution in [0.15, 0.2) is 29.5 Å². The summed E-state index contributed by atoms with van der Waals surface area (Å²) in [6.45, 7) is 5.33. The summed E-state index contributed by atoms with van der Waals surface area (Å²) in [5.74, 6) is 1.14. The van der Waals surface area contributed by atoms with Crippen molar-refractivity contribution in [1.82, 2.24) is 10.3 Å². The Kier molecular flexibility index (Phi) is 4.64. The SMILES string of the molecule is CCC1(CC)CSC(=NCCc2cccnc2)N1. The van der Waals surface area contributed by atoms with E-state index in [1.807, 2.05) is 24.0 Å². The molecule has 0 aromatic carbocycles. The summed E-state index contributed by atoms with van der Waals surface area (Å²) in [6.07, 6.45) is 7.01. The Balaban J connectivity index is 1.85. The zero-order valence-electron chi connectivity index (χ0n) is 11.1. The number of aliphatic imine (C=N–C) groups is 1. The summed E-state index contributed by atoms with van der Waals surface area (Å²) in [4.78, 5) is 8.77. The lowest BCUT2D eigenvalue weighted by molar-refractivity contribution is 0.407. The Labute approximate surface area is 113 Å². The molecule has 0 amide bonds. The summed E-state index contributed by atoms with van der Waals surface area (Å²) in [5, 5.41) is 4.70. The van der Waals surface area contributed by atoms with Gasteiger partial charge in [0.2, 0.25) is 0 Å². The molecule has 1 aliphatic heterocycles. The van der Waals surface area contributed by atoms with E-state index >= 15 is 0 Å².